The molecular weight excluding hydrogens is 178 g/mol. The molecule has 4 heteroatoms. The van der Waals surface area contributed by atoms with Crippen molar-refractivity contribution in [1.82, 2.24) is 4.98 Å². The highest BCUT2D eigenvalue weighted by Crippen LogP contribution is 2.13. The van der Waals surface area contributed by atoms with Crippen molar-refractivity contribution in [3.05, 3.63) is 24.4 Å². The average molecular weight is 189 g/mol. The fourth-order valence-corrected chi connectivity index (χ4v) is 1.48. The third-order valence-corrected chi connectivity index (χ3v) is 2.18. The highest BCUT2D eigenvalue weighted by molar-refractivity contribution is 5.38. The topological polar surface area (TPSA) is 49.2 Å². The smallest absolute Gasteiger partial charge is 0.161 e. The minimum absolute atomic E-state index is 0.328. The molecule has 0 saturated carbocycles. The number of ether oxygens (including phenoxy) is 1. The summed E-state index contributed by atoms with van der Waals surface area (Å²) < 4.78 is 5.25. The van der Waals surface area contributed by atoms with E-state index >= 15 is 0 Å². The summed E-state index contributed by atoms with van der Waals surface area (Å²) in [5, 5.41) is 8.73. The summed E-state index contributed by atoms with van der Waals surface area (Å²) in [6.07, 6.45) is 1.43. The maximum atomic E-state index is 8.73. The lowest BCUT2D eigenvalue weighted by Crippen LogP contribution is -2.42. The monoisotopic (exact) mass is 189 g/mol. The van der Waals surface area contributed by atoms with Crippen LogP contribution in [-0.2, 0) is 4.74 Å². The van der Waals surface area contributed by atoms with E-state index in [0.717, 1.165) is 12.4 Å². The van der Waals surface area contributed by atoms with E-state index in [4.69, 9.17) is 10.00 Å². The van der Waals surface area contributed by atoms with E-state index in [9.17, 15) is 0 Å². The number of hydrogen-bond acceptors (Lipinski definition) is 4. The Morgan fingerprint density at radius 2 is 2.50 bits per heavy atom. The second-order valence-corrected chi connectivity index (χ2v) is 3.12. The third-order valence-electron chi connectivity index (χ3n) is 2.18. The van der Waals surface area contributed by atoms with Gasteiger partial charge in [0.05, 0.1) is 19.2 Å². The van der Waals surface area contributed by atoms with Crippen LogP contribution in [0.25, 0.3) is 0 Å². The Labute approximate surface area is 82.7 Å². The number of anilines is 1. The lowest BCUT2D eigenvalue weighted by Gasteiger charge is -2.30. The minimum atomic E-state index is -0.328. The highest BCUT2D eigenvalue weighted by Gasteiger charge is 2.20. The van der Waals surface area contributed by atoms with Crippen LogP contribution in [-0.4, -0.2) is 30.8 Å². The number of morpholine rings is 1. The molecule has 0 aliphatic carbocycles. The summed E-state index contributed by atoms with van der Waals surface area (Å²) in [6, 6.07) is 7.88. The number of pyridine rings is 1. The molecule has 0 spiro atoms. The fourth-order valence-electron chi connectivity index (χ4n) is 1.48. The molecule has 0 amide bonds. The molecule has 1 aromatic rings. The number of nitriles is 1. The Morgan fingerprint density at radius 3 is 3.21 bits per heavy atom. The molecule has 14 heavy (non-hydrogen) atoms. The van der Waals surface area contributed by atoms with Gasteiger partial charge in [0, 0.05) is 12.7 Å². The first-order valence-electron chi connectivity index (χ1n) is 4.57. The molecule has 1 fully saturated rings. The molecular formula is C10H11N3O. The zero-order valence-corrected chi connectivity index (χ0v) is 7.76. The van der Waals surface area contributed by atoms with Crippen molar-refractivity contribution in [2.24, 2.45) is 0 Å². The van der Waals surface area contributed by atoms with Crippen LogP contribution in [0.5, 0.6) is 0 Å². The van der Waals surface area contributed by atoms with Crippen molar-refractivity contribution < 1.29 is 4.74 Å². The summed E-state index contributed by atoms with van der Waals surface area (Å²) in [7, 11) is 0. The standard InChI is InChI=1S/C10H11N3O/c11-7-9-8-13(5-6-14-9)10-3-1-2-4-12-10/h1-4,9H,5-6,8H2. The quantitative estimate of drug-likeness (QED) is 0.656. The predicted octanol–water partition coefficient (Wildman–Crippen LogP) is 0.810. The van der Waals surface area contributed by atoms with Gasteiger partial charge in [-0.15, -0.1) is 0 Å². The lowest BCUT2D eigenvalue weighted by molar-refractivity contribution is 0.0761. The van der Waals surface area contributed by atoms with Gasteiger partial charge in [-0.05, 0) is 12.1 Å². The van der Waals surface area contributed by atoms with Crippen LogP contribution in [0, 0.1) is 11.3 Å². The van der Waals surface area contributed by atoms with E-state index in [1.54, 1.807) is 6.20 Å². The van der Waals surface area contributed by atoms with Gasteiger partial charge in [0.1, 0.15) is 5.82 Å². The first-order chi connectivity index (χ1) is 6.90. The zero-order chi connectivity index (χ0) is 9.80. The maximum Gasteiger partial charge on any atom is 0.161 e. The van der Waals surface area contributed by atoms with Crippen molar-refractivity contribution in [3.63, 3.8) is 0 Å². The Balaban J connectivity index is 2.09. The Bertz CT molecular complexity index is 333. The number of aromatic nitrogens is 1. The average Bonchev–Trinajstić information content (AvgIpc) is 2.30. The summed E-state index contributed by atoms with van der Waals surface area (Å²) in [5.74, 6) is 0.913. The van der Waals surface area contributed by atoms with Gasteiger partial charge in [-0.3, -0.25) is 0 Å². The molecule has 1 aliphatic rings. The van der Waals surface area contributed by atoms with Gasteiger partial charge >= 0.3 is 0 Å². The molecule has 2 rings (SSSR count). The molecule has 1 aromatic heterocycles. The molecule has 2 heterocycles. The Hall–Kier alpha value is -1.60. The zero-order valence-electron chi connectivity index (χ0n) is 7.76. The van der Waals surface area contributed by atoms with E-state index in [0.29, 0.717) is 13.2 Å². The molecule has 1 unspecified atom stereocenters. The van der Waals surface area contributed by atoms with Gasteiger partial charge in [-0.2, -0.15) is 5.26 Å². The van der Waals surface area contributed by atoms with E-state index < -0.39 is 0 Å². The molecule has 0 radical (unpaired) electrons. The van der Waals surface area contributed by atoms with Crippen molar-refractivity contribution in [2.75, 3.05) is 24.6 Å². The van der Waals surface area contributed by atoms with Crippen molar-refractivity contribution in [3.8, 4) is 6.07 Å². The third kappa shape index (κ3) is 1.83. The summed E-state index contributed by atoms with van der Waals surface area (Å²) in [5.41, 5.74) is 0. The lowest BCUT2D eigenvalue weighted by atomic mass is 10.3. The minimum Gasteiger partial charge on any atom is -0.360 e. The molecule has 0 aromatic carbocycles. The first kappa shape index (κ1) is 8.97. The molecule has 72 valence electrons. The number of nitrogens with zero attached hydrogens (tertiary/aromatic N) is 3. The van der Waals surface area contributed by atoms with Crippen LogP contribution >= 0.6 is 0 Å². The Morgan fingerprint density at radius 1 is 1.57 bits per heavy atom. The number of hydrogen-bond donors (Lipinski definition) is 0. The van der Waals surface area contributed by atoms with Gasteiger partial charge in [0.25, 0.3) is 0 Å². The van der Waals surface area contributed by atoms with Crippen LogP contribution < -0.4 is 4.90 Å². The van der Waals surface area contributed by atoms with E-state index in [1.165, 1.54) is 0 Å². The van der Waals surface area contributed by atoms with Crippen molar-refractivity contribution in [2.45, 2.75) is 6.10 Å². The Kier molecular flexibility index (Phi) is 2.61. The normalized spacial score (nSPS) is 21.6. The van der Waals surface area contributed by atoms with Gasteiger partial charge in [-0.1, -0.05) is 6.07 Å². The second-order valence-electron chi connectivity index (χ2n) is 3.12. The molecule has 4 nitrogen and oxygen atoms in total. The molecule has 1 saturated heterocycles. The largest absolute Gasteiger partial charge is 0.360 e. The molecule has 0 N–H and O–H groups in total. The fraction of sp³-hybridized carbons (Fsp3) is 0.400. The summed E-state index contributed by atoms with van der Waals surface area (Å²) in [6.45, 7) is 2.00. The van der Waals surface area contributed by atoms with E-state index in [2.05, 4.69) is 16.0 Å². The summed E-state index contributed by atoms with van der Waals surface area (Å²) in [4.78, 5) is 6.30. The van der Waals surface area contributed by atoms with Gasteiger partial charge < -0.3 is 9.64 Å². The van der Waals surface area contributed by atoms with Crippen molar-refractivity contribution in [1.29, 1.82) is 5.26 Å². The first-order valence-corrected chi connectivity index (χ1v) is 4.57. The highest BCUT2D eigenvalue weighted by atomic mass is 16.5. The number of rotatable bonds is 1. The maximum absolute atomic E-state index is 8.73. The second kappa shape index (κ2) is 4.07. The SMILES string of the molecule is N#CC1CN(c2ccccn2)CCO1. The van der Waals surface area contributed by atoms with E-state index in [-0.39, 0.29) is 6.10 Å². The van der Waals surface area contributed by atoms with Crippen LogP contribution in [0.1, 0.15) is 0 Å². The molecule has 1 aliphatic heterocycles. The van der Waals surface area contributed by atoms with Gasteiger partial charge in [-0.25, -0.2) is 4.98 Å². The predicted molar refractivity (Wildman–Crippen MR) is 51.8 cm³/mol. The summed E-state index contributed by atoms with van der Waals surface area (Å²) >= 11 is 0. The molecule has 1 atom stereocenters. The van der Waals surface area contributed by atoms with Gasteiger partial charge in [0.2, 0.25) is 0 Å². The van der Waals surface area contributed by atoms with Crippen molar-refractivity contribution >= 4 is 5.82 Å². The van der Waals surface area contributed by atoms with Crippen LogP contribution in [0.2, 0.25) is 0 Å². The molecule has 0 bridgehead atoms. The van der Waals surface area contributed by atoms with Gasteiger partial charge in [0.15, 0.2) is 6.10 Å². The van der Waals surface area contributed by atoms with Crippen LogP contribution in [0.15, 0.2) is 24.4 Å². The van der Waals surface area contributed by atoms with Crippen LogP contribution in [0.3, 0.4) is 0 Å². The van der Waals surface area contributed by atoms with Crippen LogP contribution in [0.4, 0.5) is 5.82 Å². The van der Waals surface area contributed by atoms with E-state index in [1.807, 2.05) is 18.2 Å².